The van der Waals surface area contributed by atoms with Crippen molar-refractivity contribution in [2.45, 2.75) is 20.0 Å². The van der Waals surface area contributed by atoms with E-state index in [0.717, 1.165) is 11.1 Å². The van der Waals surface area contributed by atoms with Crippen LogP contribution in [0.3, 0.4) is 0 Å². The Morgan fingerprint density at radius 3 is 2.41 bits per heavy atom. The minimum Gasteiger partial charge on any atom is -0.449 e. The number of rotatable bonds is 4. The molecule has 0 spiro atoms. The first-order valence-electron chi connectivity index (χ1n) is 9.09. The van der Waals surface area contributed by atoms with Gasteiger partial charge in [-0.05, 0) is 26.0 Å². The molecule has 0 unspecified atom stereocenters. The molecule has 1 aromatic heterocycles. The van der Waals surface area contributed by atoms with Crippen molar-refractivity contribution in [1.82, 2.24) is 15.6 Å². The fourth-order valence-corrected chi connectivity index (χ4v) is 2.77. The molecule has 148 valence electrons. The Kier molecular flexibility index (Phi) is 5.87. The Morgan fingerprint density at radius 1 is 1.03 bits per heavy atom. The summed E-state index contributed by atoms with van der Waals surface area (Å²) < 4.78 is 5.30. The molecule has 0 saturated heterocycles. The topological polar surface area (TPSA) is 97.4 Å². The van der Waals surface area contributed by atoms with E-state index in [-0.39, 0.29) is 0 Å². The lowest BCUT2D eigenvalue weighted by Crippen LogP contribution is -2.43. The maximum atomic E-state index is 12.8. The van der Waals surface area contributed by atoms with Crippen LogP contribution in [0, 0.1) is 6.92 Å². The van der Waals surface area contributed by atoms with Gasteiger partial charge in [0.1, 0.15) is 0 Å². The van der Waals surface area contributed by atoms with Gasteiger partial charge in [-0.2, -0.15) is 0 Å². The first-order valence-corrected chi connectivity index (χ1v) is 9.09. The Labute approximate surface area is 168 Å². The van der Waals surface area contributed by atoms with Crippen molar-refractivity contribution in [2.75, 3.05) is 7.05 Å². The van der Waals surface area contributed by atoms with Crippen LogP contribution in [-0.4, -0.2) is 36.0 Å². The number of pyridine rings is 1. The number of aryl methyl sites for hydroxylation is 1. The number of benzene rings is 2. The highest BCUT2D eigenvalue weighted by Gasteiger charge is 2.22. The number of fused-ring (bicyclic) bond motifs is 1. The highest BCUT2D eigenvalue weighted by atomic mass is 16.5. The van der Waals surface area contributed by atoms with Gasteiger partial charge >= 0.3 is 12.0 Å². The third-order valence-corrected chi connectivity index (χ3v) is 4.40. The summed E-state index contributed by atoms with van der Waals surface area (Å²) in [7, 11) is 1.38. The van der Waals surface area contributed by atoms with Crippen LogP contribution in [0.4, 0.5) is 4.79 Å². The van der Waals surface area contributed by atoms with E-state index in [9.17, 15) is 14.4 Å². The zero-order chi connectivity index (χ0) is 21.0. The maximum Gasteiger partial charge on any atom is 0.339 e. The van der Waals surface area contributed by atoms with Gasteiger partial charge < -0.3 is 10.1 Å². The van der Waals surface area contributed by atoms with Gasteiger partial charge in [-0.3, -0.25) is 10.1 Å². The van der Waals surface area contributed by atoms with E-state index in [2.05, 4.69) is 15.6 Å². The third kappa shape index (κ3) is 4.57. The Hall–Kier alpha value is -3.74. The zero-order valence-corrected chi connectivity index (χ0v) is 16.4. The lowest BCUT2D eigenvalue weighted by atomic mass is 10.0. The largest absolute Gasteiger partial charge is 0.449 e. The molecule has 3 rings (SSSR count). The summed E-state index contributed by atoms with van der Waals surface area (Å²) in [6, 6.07) is 16.0. The van der Waals surface area contributed by atoms with Gasteiger partial charge in [0, 0.05) is 18.0 Å². The summed E-state index contributed by atoms with van der Waals surface area (Å²) in [6.07, 6.45) is -1.14. The molecule has 0 saturated carbocycles. The summed E-state index contributed by atoms with van der Waals surface area (Å²) in [5.74, 6) is -1.38. The molecule has 0 aliphatic rings. The van der Waals surface area contributed by atoms with Gasteiger partial charge in [0.05, 0.1) is 16.8 Å². The van der Waals surface area contributed by atoms with Crippen molar-refractivity contribution in [3.8, 4) is 11.3 Å². The molecule has 0 aliphatic heterocycles. The lowest BCUT2D eigenvalue weighted by molar-refractivity contribution is -0.127. The highest BCUT2D eigenvalue weighted by molar-refractivity contribution is 6.06. The Morgan fingerprint density at radius 2 is 1.72 bits per heavy atom. The van der Waals surface area contributed by atoms with E-state index in [1.807, 2.05) is 43.3 Å². The molecule has 7 heteroatoms. The highest BCUT2D eigenvalue weighted by Crippen LogP contribution is 2.26. The van der Waals surface area contributed by atoms with E-state index < -0.39 is 24.0 Å². The monoisotopic (exact) mass is 391 g/mol. The van der Waals surface area contributed by atoms with Crippen molar-refractivity contribution < 1.29 is 19.1 Å². The van der Waals surface area contributed by atoms with Gasteiger partial charge in [0.25, 0.3) is 5.91 Å². The number of hydrogen-bond donors (Lipinski definition) is 2. The van der Waals surface area contributed by atoms with E-state index in [1.165, 1.54) is 14.0 Å². The SMILES string of the molecule is CNC(=O)NC(=O)[C@H](C)OC(=O)c1cc(-c2ccc(C)cc2)nc2ccccc12. The van der Waals surface area contributed by atoms with Gasteiger partial charge in [0.2, 0.25) is 0 Å². The van der Waals surface area contributed by atoms with Crippen LogP contribution in [-0.2, 0) is 9.53 Å². The van der Waals surface area contributed by atoms with E-state index in [0.29, 0.717) is 22.2 Å². The second-order valence-electron chi connectivity index (χ2n) is 6.55. The number of nitrogens with zero attached hydrogens (tertiary/aromatic N) is 1. The van der Waals surface area contributed by atoms with Gasteiger partial charge in [-0.1, -0.05) is 48.0 Å². The van der Waals surface area contributed by atoms with Gasteiger partial charge in [-0.15, -0.1) is 0 Å². The average molecular weight is 391 g/mol. The van der Waals surface area contributed by atoms with Gasteiger partial charge in [0.15, 0.2) is 6.10 Å². The summed E-state index contributed by atoms with van der Waals surface area (Å²) in [5.41, 5.74) is 3.54. The minimum absolute atomic E-state index is 0.297. The van der Waals surface area contributed by atoms with Gasteiger partial charge in [-0.25, -0.2) is 14.6 Å². The molecule has 3 aromatic rings. The molecule has 3 amide bonds. The molecule has 2 aromatic carbocycles. The lowest BCUT2D eigenvalue weighted by Gasteiger charge is -2.14. The van der Waals surface area contributed by atoms with Crippen LogP contribution in [0.5, 0.6) is 0 Å². The van der Waals surface area contributed by atoms with Crippen molar-refractivity contribution in [1.29, 1.82) is 0 Å². The Bertz CT molecular complexity index is 1080. The molecule has 29 heavy (non-hydrogen) atoms. The number of carbonyl (C=O) groups is 3. The van der Waals surface area contributed by atoms with Crippen LogP contribution in [0.25, 0.3) is 22.2 Å². The van der Waals surface area contributed by atoms with E-state index in [4.69, 9.17) is 4.74 Å². The number of hydrogen-bond acceptors (Lipinski definition) is 5. The normalized spacial score (nSPS) is 11.6. The van der Waals surface area contributed by atoms with Crippen LogP contribution < -0.4 is 10.6 Å². The van der Waals surface area contributed by atoms with Crippen LogP contribution >= 0.6 is 0 Å². The predicted octanol–water partition coefficient (Wildman–Crippen LogP) is 3.21. The molecule has 0 aliphatic carbocycles. The summed E-state index contributed by atoms with van der Waals surface area (Å²) in [6.45, 7) is 3.39. The zero-order valence-electron chi connectivity index (χ0n) is 16.4. The van der Waals surface area contributed by atoms with Crippen molar-refractivity contribution in [2.24, 2.45) is 0 Å². The fraction of sp³-hybridized carbons (Fsp3) is 0.182. The molecule has 1 atom stereocenters. The number of aromatic nitrogens is 1. The standard InChI is InChI=1S/C22H21N3O4/c1-13-8-10-15(11-9-13)19-12-17(16-6-4-5-7-18(16)24-19)21(27)29-14(2)20(26)25-22(28)23-3/h4-12,14H,1-3H3,(H2,23,25,26,28)/t14-/m0/s1. The molecule has 2 N–H and O–H groups in total. The number of para-hydroxylation sites is 1. The number of esters is 1. The fourth-order valence-electron chi connectivity index (χ4n) is 2.77. The van der Waals surface area contributed by atoms with Crippen LogP contribution in [0.15, 0.2) is 54.6 Å². The summed E-state index contributed by atoms with van der Waals surface area (Å²) >= 11 is 0. The molecule has 1 heterocycles. The quantitative estimate of drug-likeness (QED) is 0.666. The van der Waals surface area contributed by atoms with Crippen molar-refractivity contribution >= 4 is 28.8 Å². The molecule has 7 nitrogen and oxygen atoms in total. The molecular formula is C22H21N3O4. The number of ether oxygens (including phenoxy) is 1. The third-order valence-electron chi connectivity index (χ3n) is 4.40. The number of nitrogens with one attached hydrogen (secondary N) is 2. The van der Waals surface area contributed by atoms with Crippen molar-refractivity contribution in [3.05, 3.63) is 65.7 Å². The summed E-state index contributed by atoms with van der Waals surface area (Å²) in [5, 5.41) is 4.98. The minimum atomic E-state index is -1.14. The van der Waals surface area contributed by atoms with Crippen LogP contribution in [0.1, 0.15) is 22.8 Å². The Balaban J connectivity index is 1.95. The summed E-state index contributed by atoms with van der Waals surface area (Å²) in [4.78, 5) is 40.8. The van der Waals surface area contributed by atoms with E-state index in [1.54, 1.807) is 18.2 Å². The number of imide groups is 1. The van der Waals surface area contributed by atoms with Crippen LogP contribution in [0.2, 0.25) is 0 Å². The van der Waals surface area contributed by atoms with E-state index >= 15 is 0 Å². The average Bonchev–Trinajstić information content (AvgIpc) is 2.73. The predicted molar refractivity (Wildman–Crippen MR) is 109 cm³/mol. The molecular weight excluding hydrogens is 370 g/mol. The second-order valence-corrected chi connectivity index (χ2v) is 6.55. The first kappa shape index (κ1) is 20.0. The number of carbonyl (C=O) groups excluding carboxylic acids is 3. The number of urea groups is 1. The molecule has 0 radical (unpaired) electrons. The number of amides is 3. The first-order chi connectivity index (χ1) is 13.9. The smallest absolute Gasteiger partial charge is 0.339 e. The molecule has 0 fully saturated rings. The molecule has 0 bridgehead atoms. The van der Waals surface area contributed by atoms with Crippen molar-refractivity contribution in [3.63, 3.8) is 0 Å². The maximum absolute atomic E-state index is 12.8. The second kappa shape index (κ2) is 8.52.